The number of ether oxygens (including phenoxy) is 1. The molecule has 0 aliphatic carbocycles. The van der Waals surface area contributed by atoms with Crippen LogP contribution in [0.2, 0.25) is 0 Å². The minimum absolute atomic E-state index is 0.0592. The van der Waals surface area contributed by atoms with Crippen LogP contribution in [0.4, 0.5) is 11.4 Å². The number of halogens is 1. The molecule has 1 amide bonds. The lowest BCUT2D eigenvalue weighted by molar-refractivity contribution is -0.384. The predicted octanol–water partition coefficient (Wildman–Crippen LogP) is 1.06. The van der Waals surface area contributed by atoms with Crippen LogP contribution in [0.25, 0.3) is 0 Å². The molecule has 2 rings (SSSR count). The Balaban J connectivity index is 2.45. The van der Waals surface area contributed by atoms with Gasteiger partial charge in [-0.05, 0) is 12.1 Å². The van der Waals surface area contributed by atoms with Crippen molar-refractivity contribution in [3.05, 3.63) is 33.9 Å². The molecule has 1 aliphatic heterocycles. The Bertz CT molecular complexity index is 793. The number of benzene rings is 1. The van der Waals surface area contributed by atoms with Crippen molar-refractivity contribution in [1.82, 2.24) is 0 Å². The predicted molar refractivity (Wildman–Crippen MR) is 80.0 cm³/mol. The van der Waals surface area contributed by atoms with Crippen molar-refractivity contribution in [2.75, 3.05) is 18.6 Å². The highest BCUT2D eigenvalue weighted by atomic mass is 35.7. The van der Waals surface area contributed by atoms with Crippen LogP contribution in [0.5, 0.6) is 0 Å². The maximum absolute atomic E-state index is 12.0. The lowest BCUT2D eigenvalue weighted by Crippen LogP contribution is -2.27. The number of nitrogens with zero attached hydrogens (tertiary/aromatic N) is 2. The molecule has 1 unspecified atom stereocenters. The molecule has 23 heavy (non-hydrogen) atoms. The minimum Gasteiger partial charge on any atom is -0.465 e. The van der Waals surface area contributed by atoms with Crippen molar-refractivity contribution in [2.24, 2.45) is 0 Å². The lowest BCUT2D eigenvalue weighted by Gasteiger charge is -2.16. The average Bonchev–Trinajstić information content (AvgIpc) is 2.87. The monoisotopic (exact) mass is 362 g/mol. The minimum atomic E-state index is -3.97. The van der Waals surface area contributed by atoms with Crippen molar-refractivity contribution >= 4 is 43.0 Å². The summed E-state index contributed by atoms with van der Waals surface area (Å²) < 4.78 is 27.2. The van der Waals surface area contributed by atoms with E-state index in [0.29, 0.717) is 0 Å². The van der Waals surface area contributed by atoms with Crippen LogP contribution in [0.3, 0.4) is 0 Å². The van der Waals surface area contributed by atoms with E-state index in [0.717, 1.165) is 18.1 Å². The van der Waals surface area contributed by atoms with Gasteiger partial charge in [0.1, 0.15) is 10.9 Å². The van der Waals surface area contributed by atoms with Crippen molar-refractivity contribution in [2.45, 2.75) is 11.7 Å². The van der Waals surface area contributed by atoms with Gasteiger partial charge < -0.3 is 9.64 Å². The zero-order chi connectivity index (χ0) is 17.4. The molecule has 11 heteroatoms. The van der Waals surface area contributed by atoms with Crippen LogP contribution < -0.4 is 4.90 Å². The van der Waals surface area contributed by atoms with E-state index in [1.54, 1.807) is 0 Å². The third kappa shape index (κ3) is 3.42. The summed E-state index contributed by atoms with van der Waals surface area (Å²) in [5.74, 6) is -1.37. The van der Waals surface area contributed by atoms with E-state index < -0.39 is 36.8 Å². The first-order valence-corrected chi connectivity index (χ1v) is 8.63. The molecule has 0 bridgehead atoms. The number of nitro benzene ring substituents is 1. The number of amides is 1. The van der Waals surface area contributed by atoms with E-state index >= 15 is 0 Å². The summed E-state index contributed by atoms with van der Waals surface area (Å²) >= 11 is 0. The SMILES string of the molecule is COC(=O)c1ccc(N2CC(S(=O)(=O)Cl)CC2=O)c([N+](=O)[O-])c1. The molecule has 0 aromatic heterocycles. The Labute approximate surface area is 135 Å². The van der Waals surface area contributed by atoms with Crippen molar-refractivity contribution < 1.29 is 27.7 Å². The third-order valence-electron chi connectivity index (χ3n) is 3.37. The highest BCUT2D eigenvalue weighted by molar-refractivity contribution is 8.14. The van der Waals surface area contributed by atoms with E-state index in [1.165, 1.54) is 12.1 Å². The highest BCUT2D eigenvalue weighted by Gasteiger charge is 2.40. The fraction of sp³-hybridized carbons (Fsp3) is 0.333. The van der Waals surface area contributed by atoms with E-state index in [2.05, 4.69) is 4.74 Å². The molecular formula is C12H11ClN2O7S. The second kappa shape index (κ2) is 6.13. The Morgan fingerprint density at radius 2 is 2.13 bits per heavy atom. The average molecular weight is 363 g/mol. The summed E-state index contributed by atoms with van der Waals surface area (Å²) in [4.78, 5) is 34.8. The number of methoxy groups -OCH3 is 1. The van der Waals surface area contributed by atoms with Crippen LogP contribution in [0.15, 0.2) is 18.2 Å². The van der Waals surface area contributed by atoms with Crippen LogP contribution >= 0.6 is 10.7 Å². The van der Waals surface area contributed by atoms with E-state index in [1.807, 2.05) is 0 Å². The number of anilines is 1. The zero-order valence-corrected chi connectivity index (χ0v) is 13.3. The number of esters is 1. The molecule has 0 N–H and O–H groups in total. The van der Waals surface area contributed by atoms with Gasteiger partial charge in [0.05, 0.1) is 17.6 Å². The number of rotatable bonds is 4. The molecule has 0 spiro atoms. The second-order valence-electron chi connectivity index (χ2n) is 4.76. The quantitative estimate of drug-likeness (QED) is 0.339. The van der Waals surface area contributed by atoms with Gasteiger partial charge in [0.15, 0.2) is 0 Å². The first kappa shape index (κ1) is 17.2. The smallest absolute Gasteiger partial charge is 0.338 e. The molecule has 1 aromatic rings. The third-order valence-corrected chi connectivity index (χ3v) is 5.24. The number of hydrogen-bond acceptors (Lipinski definition) is 7. The number of carbonyl (C=O) groups excluding carboxylic acids is 2. The van der Waals surface area contributed by atoms with E-state index in [-0.39, 0.29) is 24.2 Å². The van der Waals surface area contributed by atoms with Crippen molar-refractivity contribution in [3.63, 3.8) is 0 Å². The van der Waals surface area contributed by atoms with Crippen LogP contribution in [0.1, 0.15) is 16.8 Å². The van der Waals surface area contributed by atoms with Gasteiger partial charge in [0.2, 0.25) is 15.0 Å². The van der Waals surface area contributed by atoms with Gasteiger partial charge >= 0.3 is 5.97 Å². The van der Waals surface area contributed by atoms with Gasteiger partial charge in [0.25, 0.3) is 5.69 Å². The summed E-state index contributed by atoms with van der Waals surface area (Å²) in [5, 5.41) is 10.1. The molecular weight excluding hydrogens is 352 g/mol. The molecule has 1 heterocycles. The van der Waals surface area contributed by atoms with E-state index in [4.69, 9.17) is 10.7 Å². The standard InChI is InChI=1S/C12H11ClN2O7S/c1-22-12(17)7-2-3-9(10(4-7)15(18)19)14-6-8(5-11(14)16)23(13,20)21/h2-4,8H,5-6H2,1H3. The molecule has 0 radical (unpaired) electrons. The Hall–Kier alpha value is -2.20. The summed E-state index contributed by atoms with van der Waals surface area (Å²) in [5.41, 5.74) is -0.666. The molecule has 1 atom stereocenters. The molecule has 9 nitrogen and oxygen atoms in total. The van der Waals surface area contributed by atoms with Crippen LogP contribution in [-0.4, -0.2) is 44.1 Å². The van der Waals surface area contributed by atoms with Gasteiger partial charge in [-0.15, -0.1) is 0 Å². The van der Waals surface area contributed by atoms with Gasteiger partial charge in [-0.25, -0.2) is 13.2 Å². The molecule has 124 valence electrons. The maximum atomic E-state index is 12.0. The Morgan fingerprint density at radius 3 is 2.61 bits per heavy atom. The number of hydrogen-bond donors (Lipinski definition) is 0. The van der Waals surface area contributed by atoms with Gasteiger partial charge in [-0.3, -0.25) is 14.9 Å². The van der Waals surface area contributed by atoms with Crippen molar-refractivity contribution in [3.8, 4) is 0 Å². The summed E-state index contributed by atoms with van der Waals surface area (Å²) in [6.45, 7) is -0.289. The van der Waals surface area contributed by atoms with Crippen LogP contribution in [0, 0.1) is 10.1 Å². The van der Waals surface area contributed by atoms with Gasteiger partial charge in [0, 0.05) is 29.7 Å². The maximum Gasteiger partial charge on any atom is 0.338 e. The summed E-state index contributed by atoms with van der Waals surface area (Å²) in [7, 11) is 2.40. The fourth-order valence-corrected chi connectivity index (χ4v) is 3.27. The summed E-state index contributed by atoms with van der Waals surface area (Å²) in [6, 6.07) is 3.42. The van der Waals surface area contributed by atoms with Crippen LogP contribution in [-0.2, 0) is 18.6 Å². The topological polar surface area (TPSA) is 124 Å². The molecule has 0 saturated carbocycles. The second-order valence-corrected chi connectivity index (χ2v) is 7.67. The van der Waals surface area contributed by atoms with E-state index in [9.17, 15) is 28.1 Å². The molecule has 1 aliphatic rings. The first-order chi connectivity index (χ1) is 10.6. The number of nitro groups is 1. The van der Waals surface area contributed by atoms with Gasteiger partial charge in [-0.2, -0.15) is 0 Å². The van der Waals surface area contributed by atoms with Crippen molar-refractivity contribution in [1.29, 1.82) is 0 Å². The first-order valence-electron chi connectivity index (χ1n) is 6.25. The fourth-order valence-electron chi connectivity index (χ4n) is 2.24. The highest BCUT2D eigenvalue weighted by Crippen LogP contribution is 2.34. The largest absolute Gasteiger partial charge is 0.465 e. The van der Waals surface area contributed by atoms with Gasteiger partial charge in [-0.1, -0.05) is 0 Å². The molecule has 1 fully saturated rings. The molecule has 1 aromatic carbocycles. The molecule has 1 saturated heterocycles. The number of carbonyl (C=O) groups is 2. The normalized spacial score (nSPS) is 18.1. The Kier molecular flexibility index (Phi) is 4.57. The lowest BCUT2D eigenvalue weighted by atomic mass is 10.1. The zero-order valence-electron chi connectivity index (χ0n) is 11.8. The Morgan fingerprint density at radius 1 is 1.48 bits per heavy atom. The summed E-state index contributed by atoms with van der Waals surface area (Å²) in [6.07, 6.45) is -0.359.